The lowest BCUT2D eigenvalue weighted by Gasteiger charge is -2.27. The molecule has 0 unspecified atom stereocenters. The van der Waals surface area contributed by atoms with Crippen molar-refractivity contribution in [3.8, 4) is 17.2 Å². The van der Waals surface area contributed by atoms with E-state index in [9.17, 15) is 5.53 Å². The Kier molecular flexibility index (Phi) is 7.19. The molecule has 0 saturated carbocycles. The van der Waals surface area contributed by atoms with Crippen LogP contribution in [0.25, 0.3) is 10.4 Å². The van der Waals surface area contributed by atoms with Gasteiger partial charge in [-0.15, -0.1) is 0 Å². The molecule has 2 atom stereocenters. The van der Waals surface area contributed by atoms with Gasteiger partial charge in [-0.3, -0.25) is 0 Å². The van der Waals surface area contributed by atoms with Crippen LogP contribution in [-0.2, 0) is 6.42 Å². The Balaban J connectivity index is 2.13. The Labute approximate surface area is 176 Å². The number of methoxy groups -OCH3 is 3. The monoisotopic (exact) mass is 403 g/mol. The molecule has 0 aromatic heterocycles. The number of azide groups is 1. The van der Waals surface area contributed by atoms with Crippen LogP contribution in [0.1, 0.15) is 22.6 Å². The summed E-state index contributed by atoms with van der Waals surface area (Å²) in [5.74, 6) is 1.93. The van der Waals surface area contributed by atoms with Crippen molar-refractivity contribution < 1.29 is 14.2 Å². The second kappa shape index (κ2) is 10.2. The van der Waals surface area contributed by atoms with Gasteiger partial charge in [-0.05, 0) is 41.3 Å². The molecule has 3 aromatic rings. The van der Waals surface area contributed by atoms with Crippen molar-refractivity contribution in [1.29, 1.82) is 0 Å². The average Bonchev–Trinajstić information content (AvgIpc) is 2.80. The zero-order valence-electron chi connectivity index (χ0n) is 17.4. The Morgan fingerprint density at radius 1 is 0.833 bits per heavy atom. The lowest BCUT2D eigenvalue weighted by Crippen LogP contribution is -2.21. The highest BCUT2D eigenvalue weighted by Gasteiger charge is 2.27. The van der Waals surface area contributed by atoms with Crippen LogP contribution in [0.15, 0.2) is 77.9 Å². The zero-order valence-corrected chi connectivity index (χ0v) is 17.4. The summed E-state index contributed by atoms with van der Waals surface area (Å²) in [5.41, 5.74) is 12.4. The predicted octanol–water partition coefficient (Wildman–Crippen LogP) is 5.77. The number of rotatable bonds is 9. The van der Waals surface area contributed by atoms with Crippen molar-refractivity contribution in [1.82, 2.24) is 0 Å². The molecule has 0 spiro atoms. The third kappa shape index (κ3) is 4.85. The highest BCUT2D eigenvalue weighted by Crippen LogP contribution is 2.39. The van der Waals surface area contributed by atoms with Crippen LogP contribution in [0.5, 0.6) is 17.2 Å². The van der Waals surface area contributed by atoms with Gasteiger partial charge in [0.25, 0.3) is 0 Å². The molecule has 0 amide bonds. The summed E-state index contributed by atoms with van der Waals surface area (Å²) < 4.78 is 16.3. The van der Waals surface area contributed by atoms with Gasteiger partial charge in [0.2, 0.25) is 0 Å². The van der Waals surface area contributed by atoms with Crippen LogP contribution in [0.3, 0.4) is 0 Å². The minimum Gasteiger partial charge on any atom is -0.497 e. The molecule has 0 heterocycles. The number of hydrogen-bond donors (Lipinski definition) is 0. The molecule has 30 heavy (non-hydrogen) atoms. The molecular formula is C24H25N3O3. The molecular weight excluding hydrogens is 378 g/mol. The number of benzene rings is 3. The van der Waals surface area contributed by atoms with Crippen LogP contribution in [0, 0.1) is 0 Å². The highest BCUT2D eigenvalue weighted by molar-refractivity contribution is 5.48. The fourth-order valence-corrected chi connectivity index (χ4v) is 3.64. The third-order valence-corrected chi connectivity index (χ3v) is 5.12. The normalized spacial score (nSPS) is 12.4. The van der Waals surface area contributed by atoms with Crippen LogP contribution in [0.4, 0.5) is 0 Å². The molecule has 0 aliphatic carbocycles. The number of nitrogens with zero attached hydrogens (tertiary/aromatic N) is 3. The predicted molar refractivity (Wildman–Crippen MR) is 117 cm³/mol. The zero-order chi connectivity index (χ0) is 21.3. The highest BCUT2D eigenvalue weighted by atomic mass is 16.5. The van der Waals surface area contributed by atoms with Crippen LogP contribution in [-0.4, -0.2) is 27.4 Å². The maximum atomic E-state index is 9.34. The van der Waals surface area contributed by atoms with E-state index in [0.717, 1.165) is 22.4 Å². The van der Waals surface area contributed by atoms with Gasteiger partial charge in [0, 0.05) is 22.5 Å². The molecule has 0 N–H and O–H groups in total. The van der Waals surface area contributed by atoms with E-state index in [2.05, 4.69) is 10.0 Å². The number of hydrogen-bond acceptors (Lipinski definition) is 4. The topological polar surface area (TPSA) is 76.5 Å². The van der Waals surface area contributed by atoms with E-state index in [1.165, 1.54) is 0 Å². The second-order valence-corrected chi connectivity index (χ2v) is 6.82. The lowest BCUT2D eigenvalue weighted by atomic mass is 9.82. The van der Waals surface area contributed by atoms with Gasteiger partial charge >= 0.3 is 0 Å². The van der Waals surface area contributed by atoms with Crippen molar-refractivity contribution in [2.24, 2.45) is 5.11 Å². The van der Waals surface area contributed by atoms with Gasteiger partial charge in [0.15, 0.2) is 0 Å². The smallest absolute Gasteiger partial charge is 0.126 e. The first kappa shape index (κ1) is 21.1. The SMILES string of the molecule is COc1ccc([C@@H](c2ccc(OC)cc2OC)[C@H](Cc2ccccc2)N=[N+]=[N-])cc1. The van der Waals surface area contributed by atoms with Crippen molar-refractivity contribution in [2.45, 2.75) is 18.4 Å². The summed E-state index contributed by atoms with van der Waals surface area (Å²) in [5, 5.41) is 4.20. The molecule has 0 aliphatic rings. The molecule has 6 heteroatoms. The first-order valence-corrected chi connectivity index (χ1v) is 9.64. The Morgan fingerprint density at radius 2 is 1.50 bits per heavy atom. The molecule has 154 valence electrons. The summed E-state index contributed by atoms with van der Waals surface area (Å²) in [6, 6.07) is 23.2. The van der Waals surface area contributed by atoms with Gasteiger partial charge in [-0.25, -0.2) is 0 Å². The first-order valence-electron chi connectivity index (χ1n) is 9.64. The Hall–Kier alpha value is -3.63. The molecule has 0 radical (unpaired) electrons. The van der Waals surface area contributed by atoms with E-state index >= 15 is 0 Å². The van der Waals surface area contributed by atoms with Gasteiger partial charge in [-0.1, -0.05) is 53.6 Å². The summed E-state index contributed by atoms with van der Waals surface area (Å²) >= 11 is 0. The number of ether oxygens (including phenoxy) is 3. The van der Waals surface area contributed by atoms with Gasteiger partial charge in [-0.2, -0.15) is 0 Å². The van der Waals surface area contributed by atoms with Crippen molar-refractivity contribution in [3.63, 3.8) is 0 Å². The van der Waals surface area contributed by atoms with Crippen LogP contribution < -0.4 is 14.2 Å². The maximum absolute atomic E-state index is 9.34. The molecule has 6 nitrogen and oxygen atoms in total. The van der Waals surface area contributed by atoms with Crippen molar-refractivity contribution in [3.05, 3.63) is 99.9 Å². The van der Waals surface area contributed by atoms with E-state index < -0.39 is 0 Å². The van der Waals surface area contributed by atoms with E-state index in [1.807, 2.05) is 72.8 Å². The van der Waals surface area contributed by atoms with E-state index in [1.54, 1.807) is 21.3 Å². The van der Waals surface area contributed by atoms with E-state index in [4.69, 9.17) is 14.2 Å². The average molecular weight is 403 g/mol. The Bertz CT molecular complexity index is 1000. The first-order chi connectivity index (χ1) is 14.7. The fourth-order valence-electron chi connectivity index (χ4n) is 3.64. The van der Waals surface area contributed by atoms with Crippen LogP contribution in [0.2, 0.25) is 0 Å². The standard InChI is InChI=1S/C24H25N3O3/c1-28-19-11-9-18(10-12-19)24(21-14-13-20(29-2)16-23(21)30-3)22(26-27-25)15-17-7-5-4-6-8-17/h4-14,16,22,24H,15H2,1-3H3/t22-,24-/m0/s1. The third-order valence-electron chi connectivity index (χ3n) is 5.12. The van der Waals surface area contributed by atoms with Gasteiger partial charge in [0.1, 0.15) is 17.2 Å². The fraction of sp³-hybridized carbons (Fsp3) is 0.250. The van der Waals surface area contributed by atoms with Crippen molar-refractivity contribution in [2.75, 3.05) is 21.3 Å². The maximum Gasteiger partial charge on any atom is 0.126 e. The second-order valence-electron chi connectivity index (χ2n) is 6.82. The molecule has 0 saturated heterocycles. The molecule has 0 bridgehead atoms. The molecule has 3 aromatic carbocycles. The van der Waals surface area contributed by atoms with Gasteiger partial charge in [0.05, 0.1) is 27.4 Å². The molecule has 0 aliphatic heterocycles. The van der Waals surface area contributed by atoms with Crippen molar-refractivity contribution >= 4 is 0 Å². The van der Waals surface area contributed by atoms with Crippen LogP contribution >= 0.6 is 0 Å². The summed E-state index contributed by atoms with van der Waals surface area (Å²) in [7, 11) is 4.88. The summed E-state index contributed by atoms with van der Waals surface area (Å²) in [6.07, 6.45) is 0.594. The minimum atomic E-state index is -0.354. The quantitative estimate of drug-likeness (QED) is 0.259. The molecule has 0 fully saturated rings. The minimum absolute atomic E-state index is 0.215. The van der Waals surface area contributed by atoms with E-state index in [-0.39, 0.29) is 12.0 Å². The summed E-state index contributed by atoms with van der Waals surface area (Å²) in [4.78, 5) is 3.16. The largest absolute Gasteiger partial charge is 0.497 e. The summed E-state index contributed by atoms with van der Waals surface area (Å²) in [6.45, 7) is 0. The van der Waals surface area contributed by atoms with Gasteiger partial charge < -0.3 is 14.2 Å². The Morgan fingerprint density at radius 3 is 2.10 bits per heavy atom. The molecule has 3 rings (SSSR count). The lowest BCUT2D eigenvalue weighted by molar-refractivity contribution is 0.387. The van der Waals surface area contributed by atoms with E-state index in [0.29, 0.717) is 17.9 Å².